The third kappa shape index (κ3) is 2.09. The molecule has 1 unspecified atom stereocenters. The SMILES string of the molecule is N#CC(c1ccnc(=O)[nH]1)c1nc2cccnc2s1. The molecule has 7 heteroatoms. The van der Waals surface area contributed by atoms with E-state index in [-0.39, 0.29) is 0 Å². The van der Waals surface area contributed by atoms with Gasteiger partial charge in [-0.2, -0.15) is 5.26 Å². The molecule has 1 atom stereocenters. The van der Waals surface area contributed by atoms with Gasteiger partial charge in [0.05, 0.1) is 6.07 Å². The van der Waals surface area contributed by atoms with Crippen LogP contribution in [0.15, 0.2) is 35.4 Å². The van der Waals surface area contributed by atoms with Crippen LogP contribution in [-0.4, -0.2) is 19.9 Å². The summed E-state index contributed by atoms with van der Waals surface area (Å²) in [5, 5.41) is 9.91. The number of H-pyrrole nitrogens is 1. The fraction of sp³-hybridized carbons (Fsp3) is 0.0833. The van der Waals surface area contributed by atoms with E-state index in [1.165, 1.54) is 17.5 Å². The van der Waals surface area contributed by atoms with Crippen molar-refractivity contribution in [1.29, 1.82) is 5.26 Å². The lowest BCUT2D eigenvalue weighted by atomic mass is 10.1. The summed E-state index contributed by atoms with van der Waals surface area (Å²) in [5.74, 6) is -0.616. The molecule has 19 heavy (non-hydrogen) atoms. The minimum absolute atomic E-state index is 0.475. The standard InChI is InChI=1S/C12H7N5OS/c13-6-7(8-3-5-15-12(18)17-8)10-16-9-2-1-4-14-11(9)19-10/h1-5,7H,(H,15,17,18). The lowest BCUT2D eigenvalue weighted by molar-refractivity contribution is 0.908. The third-order valence-corrected chi connectivity index (χ3v) is 3.61. The summed E-state index contributed by atoms with van der Waals surface area (Å²) in [7, 11) is 0. The Morgan fingerprint density at radius 3 is 2.95 bits per heavy atom. The molecule has 0 saturated heterocycles. The Bertz CT molecular complexity index is 798. The van der Waals surface area contributed by atoms with E-state index in [0.717, 1.165) is 10.3 Å². The van der Waals surface area contributed by atoms with Crippen LogP contribution in [0.25, 0.3) is 10.3 Å². The van der Waals surface area contributed by atoms with E-state index in [1.54, 1.807) is 18.3 Å². The van der Waals surface area contributed by atoms with Crippen molar-refractivity contribution in [1.82, 2.24) is 19.9 Å². The first kappa shape index (κ1) is 11.5. The molecule has 0 fully saturated rings. The van der Waals surface area contributed by atoms with Gasteiger partial charge in [0.25, 0.3) is 0 Å². The molecule has 6 nitrogen and oxygen atoms in total. The maximum absolute atomic E-state index is 11.2. The number of fused-ring (bicyclic) bond motifs is 1. The number of nitrogens with zero attached hydrogens (tertiary/aromatic N) is 4. The smallest absolute Gasteiger partial charge is 0.308 e. The van der Waals surface area contributed by atoms with E-state index in [4.69, 9.17) is 0 Å². The van der Waals surface area contributed by atoms with Crippen LogP contribution in [0.5, 0.6) is 0 Å². The summed E-state index contributed by atoms with van der Waals surface area (Å²) >= 11 is 1.34. The van der Waals surface area contributed by atoms with Gasteiger partial charge in [-0.1, -0.05) is 11.3 Å². The summed E-state index contributed by atoms with van der Waals surface area (Å²) in [6.45, 7) is 0. The van der Waals surface area contributed by atoms with Crippen LogP contribution in [0.4, 0.5) is 0 Å². The normalized spacial score (nSPS) is 12.2. The molecular formula is C12H7N5OS. The molecule has 0 aliphatic heterocycles. The molecule has 0 spiro atoms. The van der Waals surface area contributed by atoms with Gasteiger partial charge in [-0.05, 0) is 18.2 Å². The van der Waals surface area contributed by atoms with Gasteiger partial charge in [0.2, 0.25) is 0 Å². The zero-order valence-electron chi connectivity index (χ0n) is 9.57. The summed E-state index contributed by atoms with van der Waals surface area (Å²) in [6, 6.07) is 7.38. The molecule has 0 amide bonds. The molecule has 0 radical (unpaired) electrons. The highest BCUT2D eigenvalue weighted by molar-refractivity contribution is 7.18. The number of thiazole rings is 1. The number of rotatable bonds is 2. The molecule has 1 N–H and O–H groups in total. The van der Waals surface area contributed by atoms with E-state index >= 15 is 0 Å². The fourth-order valence-corrected chi connectivity index (χ4v) is 2.69. The van der Waals surface area contributed by atoms with Crippen molar-refractivity contribution >= 4 is 21.7 Å². The maximum atomic E-state index is 11.2. The molecule has 92 valence electrons. The van der Waals surface area contributed by atoms with Crippen molar-refractivity contribution in [3.8, 4) is 6.07 Å². The van der Waals surface area contributed by atoms with Crippen molar-refractivity contribution in [3.05, 3.63) is 51.8 Å². The second kappa shape index (κ2) is 4.59. The van der Waals surface area contributed by atoms with Crippen molar-refractivity contribution < 1.29 is 0 Å². The lowest BCUT2D eigenvalue weighted by Gasteiger charge is -2.04. The maximum Gasteiger partial charge on any atom is 0.345 e. The lowest BCUT2D eigenvalue weighted by Crippen LogP contribution is -2.13. The van der Waals surface area contributed by atoms with Crippen molar-refractivity contribution in [2.75, 3.05) is 0 Å². The Kier molecular flexibility index (Phi) is 2.78. The number of aromatic amines is 1. The molecule has 3 heterocycles. The Hall–Kier alpha value is -2.59. The molecule has 3 rings (SSSR count). The Labute approximate surface area is 111 Å². The largest absolute Gasteiger partial charge is 0.345 e. The quantitative estimate of drug-likeness (QED) is 0.759. The van der Waals surface area contributed by atoms with Gasteiger partial charge >= 0.3 is 5.69 Å². The zero-order chi connectivity index (χ0) is 13.2. The number of hydrogen-bond donors (Lipinski definition) is 1. The molecular weight excluding hydrogens is 262 g/mol. The number of pyridine rings is 1. The second-order valence-electron chi connectivity index (χ2n) is 3.77. The highest BCUT2D eigenvalue weighted by Crippen LogP contribution is 2.28. The van der Waals surface area contributed by atoms with Crippen molar-refractivity contribution in [3.63, 3.8) is 0 Å². The van der Waals surface area contributed by atoms with Gasteiger partial charge in [0, 0.05) is 18.1 Å². The topological polar surface area (TPSA) is 95.3 Å². The predicted octanol–water partition coefficient (Wildman–Crippen LogP) is 1.43. The van der Waals surface area contributed by atoms with E-state index in [9.17, 15) is 10.1 Å². The minimum Gasteiger partial charge on any atom is -0.308 e. The number of nitriles is 1. The first-order valence-electron chi connectivity index (χ1n) is 5.44. The van der Waals surface area contributed by atoms with Gasteiger partial charge in [0.1, 0.15) is 21.3 Å². The highest BCUT2D eigenvalue weighted by atomic mass is 32.1. The first-order chi connectivity index (χ1) is 9.28. The monoisotopic (exact) mass is 269 g/mol. The van der Waals surface area contributed by atoms with E-state index in [0.29, 0.717) is 10.7 Å². The van der Waals surface area contributed by atoms with Crippen LogP contribution in [0, 0.1) is 11.3 Å². The van der Waals surface area contributed by atoms with Gasteiger partial charge in [-0.15, -0.1) is 0 Å². The fourth-order valence-electron chi connectivity index (χ4n) is 1.72. The third-order valence-electron chi connectivity index (χ3n) is 2.57. The highest BCUT2D eigenvalue weighted by Gasteiger charge is 2.19. The van der Waals surface area contributed by atoms with Crippen LogP contribution >= 0.6 is 11.3 Å². The summed E-state index contributed by atoms with van der Waals surface area (Å²) in [5.41, 5.74) is 0.762. The molecule has 0 aliphatic carbocycles. The summed E-state index contributed by atoms with van der Waals surface area (Å²) in [6.07, 6.45) is 3.06. The average molecular weight is 269 g/mol. The van der Waals surface area contributed by atoms with E-state index in [2.05, 4.69) is 26.0 Å². The van der Waals surface area contributed by atoms with Crippen LogP contribution < -0.4 is 5.69 Å². The van der Waals surface area contributed by atoms with Gasteiger partial charge in [0.15, 0.2) is 0 Å². The van der Waals surface area contributed by atoms with Crippen molar-refractivity contribution in [2.24, 2.45) is 0 Å². The zero-order valence-corrected chi connectivity index (χ0v) is 10.4. The van der Waals surface area contributed by atoms with Crippen LogP contribution in [0.3, 0.4) is 0 Å². The Morgan fingerprint density at radius 1 is 1.32 bits per heavy atom. The average Bonchev–Trinajstić information content (AvgIpc) is 2.83. The molecule has 0 aromatic carbocycles. The van der Waals surface area contributed by atoms with Crippen LogP contribution in [0.1, 0.15) is 16.6 Å². The Balaban J connectivity index is 2.12. The van der Waals surface area contributed by atoms with E-state index < -0.39 is 11.6 Å². The van der Waals surface area contributed by atoms with Crippen LogP contribution in [0.2, 0.25) is 0 Å². The van der Waals surface area contributed by atoms with Crippen molar-refractivity contribution in [2.45, 2.75) is 5.92 Å². The summed E-state index contributed by atoms with van der Waals surface area (Å²) in [4.78, 5) is 26.7. The van der Waals surface area contributed by atoms with Crippen LogP contribution in [-0.2, 0) is 0 Å². The molecule has 3 aromatic rings. The Morgan fingerprint density at radius 2 is 2.21 bits per heavy atom. The van der Waals surface area contributed by atoms with Gasteiger partial charge in [-0.25, -0.2) is 19.7 Å². The van der Waals surface area contributed by atoms with Gasteiger partial charge < -0.3 is 4.98 Å². The minimum atomic E-state index is -0.616. The summed E-state index contributed by atoms with van der Waals surface area (Å²) < 4.78 is 0. The molecule has 3 aromatic heterocycles. The number of aromatic nitrogens is 4. The van der Waals surface area contributed by atoms with Gasteiger partial charge in [-0.3, -0.25) is 0 Å². The second-order valence-corrected chi connectivity index (χ2v) is 4.78. The predicted molar refractivity (Wildman–Crippen MR) is 69.7 cm³/mol. The number of hydrogen-bond acceptors (Lipinski definition) is 6. The first-order valence-corrected chi connectivity index (χ1v) is 6.26. The number of nitrogens with one attached hydrogen (secondary N) is 1. The van der Waals surface area contributed by atoms with E-state index in [1.807, 2.05) is 6.07 Å². The molecule has 0 saturated carbocycles. The molecule has 0 bridgehead atoms. The molecule has 0 aliphatic rings.